The van der Waals surface area contributed by atoms with Crippen LogP contribution in [-0.4, -0.2) is 15.8 Å². The summed E-state index contributed by atoms with van der Waals surface area (Å²) in [5.74, 6) is 0.617. The molecule has 1 aromatic heterocycles. The van der Waals surface area contributed by atoms with E-state index in [9.17, 15) is 4.79 Å². The van der Waals surface area contributed by atoms with Crippen LogP contribution in [0.4, 0.5) is 0 Å². The van der Waals surface area contributed by atoms with Crippen LogP contribution < -0.4 is 0 Å². The van der Waals surface area contributed by atoms with Gasteiger partial charge >= 0.3 is 0 Å². The number of benzene rings is 1. The van der Waals surface area contributed by atoms with Crippen molar-refractivity contribution in [3.8, 4) is 11.4 Å². The molecule has 0 radical (unpaired) electrons. The van der Waals surface area contributed by atoms with Gasteiger partial charge in [-0.1, -0.05) is 22.0 Å². The highest BCUT2D eigenvalue weighted by Gasteiger charge is 2.10. The van der Waals surface area contributed by atoms with E-state index >= 15 is 0 Å². The number of carbonyl (C=O) groups is 1. The second-order valence-electron chi connectivity index (χ2n) is 4.23. The molecule has 0 spiro atoms. The van der Waals surface area contributed by atoms with E-state index in [1.54, 1.807) is 6.20 Å². The summed E-state index contributed by atoms with van der Waals surface area (Å²) < 4.78 is 0.956. The maximum atomic E-state index is 11.3. The molecule has 0 aliphatic heterocycles. The molecule has 2 aromatic rings. The minimum Gasteiger partial charge on any atom is -0.294 e. The van der Waals surface area contributed by atoms with Gasteiger partial charge in [0.2, 0.25) is 0 Å². The molecule has 0 unspecified atom stereocenters. The van der Waals surface area contributed by atoms with Gasteiger partial charge in [0.05, 0.1) is 11.3 Å². The molecule has 0 amide bonds. The summed E-state index contributed by atoms with van der Waals surface area (Å²) in [4.78, 5) is 20.0. The van der Waals surface area contributed by atoms with E-state index < -0.39 is 0 Å². The SMILES string of the molecule is CC(=O)c1cnc(-c2ccc(C)cc2Br)nc1C. The predicted molar refractivity (Wildman–Crippen MR) is 74.6 cm³/mol. The molecule has 1 aromatic carbocycles. The van der Waals surface area contributed by atoms with Crippen molar-refractivity contribution in [2.45, 2.75) is 20.8 Å². The van der Waals surface area contributed by atoms with Gasteiger partial charge in [-0.05, 0) is 38.5 Å². The Morgan fingerprint density at radius 2 is 2.00 bits per heavy atom. The molecule has 0 fully saturated rings. The van der Waals surface area contributed by atoms with Gasteiger partial charge in [-0.2, -0.15) is 0 Å². The third kappa shape index (κ3) is 2.48. The zero-order valence-electron chi connectivity index (χ0n) is 10.5. The van der Waals surface area contributed by atoms with E-state index in [0.717, 1.165) is 10.0 Å². The summed E-state index contributed by atoms with van der Waals surface area (Å²) >= 11 is 3.51. The molecule has 92 valence electrons. The molecule has 0 saturated carbocycles. The highest BCUT2D eigenvalue weighted by Crippen LogP contribution is 2.26. The van der Waals surface area contributed by atoms with Crippen molar-refractivity contribution in [2.75, 3.05) is 0 Å². The van der Waals surface area contributed by atoms with E-state index in [4.69, 9.17) is 0 Å². The maximum Gasteiger partial charge on any atom is 0.163 e. The fourth-order valence-electron chi connectivity index (χ4n) is 1.74. The molecular formula is C14H13BrN2O. The van der Waals surface area contributed by atoms with Crippen LogP contribution in [0.15, 0.2) is 28.9 Å². The van der Waals surface area contributed by atoms with Crippen LogP contribution in [-0.2, 0) is 0 Å². The van der Waals surface area contributed by atoms with Crippen LogP contribution in [0.2, 0.25) is 0 Å². The molecule has 0 N–H and O–H groups in total. The minimum atomic E-state index is -0.0120. The summed E-state index contributed by atoms with van der Waals surface area (Å²) in [7, 11) is 0. The summed E-state index contributed by atoms with van der Waals surface area (Å²) in [5, 5.41) is 0. The average molecular weight is 305 g/mol. The molecule has 4 heteroatoms. The number of nitrogens with zero attached hydrogens (tertiary/aromatic N) is 2. The molecule has 2 rings (SSSR count). The van der Waals surface area contributed by atoms with Crippen molar-refractivity contribution >= 4 is 21.7 Å². The van der Waals surface area contributed by atoms with Gasteiger partial charge in [0, 0.05) is 16.2 Å². The molecular weight excluding hydrogens is 292 g/mol. The van der Waals surface area contributed by atoms with Crippen molar-refractivity contribution in [1.82, 2.24) is 9.97 Å². The lowest BCUT2D eigenvalue weighted by atomic mass is 10.1. The standard InChI is InChI=1S/C14H13BrN2O/c1-8-4-5-11(13(15)6-8)14-16-7-12(10(3)18)9(2)17-14/h4-7H,1-3H3. The second kappa shape index (κ2) is 4.98. The van der Waals surface area contributed by atoms with E-state index in [1.165, 1.54) is 12.5 Å². The van der Waals surface area contributed by atoms with Crippen molar-refractivity contribution in [2.24, 2.45) is 0 Å². The number of aromatic nitrogens is 2. The van der Waals surface area contributed by atoms with Crippen LogP contribution in [0.1, 0.15) is 28.5 Å². The first kappa shape index (κ1) is 12.9. The Morgan fingerprint density at radius 3 is 2.56 bits per heavy atom. The van der Waals surface area contributed by atoms with Crippen molar-refractivity contribution < 1.29 is 4.79 Å². The minimum absolute atomic E-state index is 0.0120. The molecule has 3 nitrogen and oxygen atoms in total. The molecule has 0 bridgehead atoms. The Morgan fingerprint density at radius 1 is 1.28 bits per heavy atom. The molecule has 0 atom stereocenters. The van der Waals surface area contributed by atoms with Crippen molar-refractivity contribution in [1.29, 1.82) is 0 Å². The normalized spacial score (nSPS) is 10.4. The van der Waals surface area contributed by atoms with Crippen LogP contribution in [0.3, 0.4) is 0 Å². The first-order valence-corrected chi connectivity index (χ1v) is 6.39. The lowest BCUT2D eigenvalue weighted by Gasteiger charge is -2.07. The zero-order valence-corrected chi connectivity index (χ0v) is 12.1. The molecule has 18 heavy (non-hydrogen) atoms. The number of halogens is 1. The van der Waals surface area contributed by atoms with E-state index in [2.05, 4.69) is 25.9 Å². The summed E-state index contributed by atoms with van der Waals surface area (Å²) in [5.41, 5.74) is 3.38. The number of ketones is 1. The number of Topliss-reactive ketones (excluding diaryl/α,β-unsaturated/α-hetero) is 1. The Hall–Kier alpha value is -1.55. The lowest BCUT2D eigenvalue weighted by molar-refractivity contribution is 0.101. The molecule has 0 aliphatic carbocycles. The number of rotatable bonds is 2. The van der Waals surface area contributed by atoms with Gasteiger partial charge in [0.1, 0.15) is 0 Å². The monoisotopic (exact) mass is 304 g/mol. The average Bonchev–Trinajstić information content (AvgIpc) is 2.28. The number of hydrogen-bond donors (Lipinski definition) is 0. The topological polar surface area (TPSA) is 42.9 Å². The van der Waals surface area contributed by atoms with Crippen LogP contribution in [0.25, 0.3) is 11.4 Å². The number of hydrogen-bond acceptors (Lipinski definition) is 3. The largest absolute Gasteiger partial charge is 0.294 e. The van der Waals surface area contributed by atoms with Gasteiger partial charge in [0.25, 0.3) is 0 Å². The van der Waals surface area contributed by atoms with Gasteiger partial charge in [-0.15, -0.1) is 0 Å². The lowest BCUT2D eigenvalue weighted by Crippen LogP contribution is -2.02. The fourth-order valence-corrected chi connectivity index (χ4v) is 2.41. The quantitative estimate of drug-likeness (QED) is 0.794. The van der Waals surface area contributed by atoms with E-state index in [0.29, 0.717) is 17.1 Å². The van der Waals surface area contributed by atoms with Gasteiger partial charge < -0.3 is 0 Å². The van der Waals surface area contributed by atoms with Crippen LogP contribution >= 0.6 is 15.9 Å². The molecule has 0 aliphatic rings. The van der Waals surface area contributed by atoms with Crippen LogP contribution in [0.5, 0.6) is 0 Å². The Kier molecular flexibility index (Phi) is 3.57. The van der Waals surface area contributed by atoms with Gasteiger partial charge in [-0.3, -0.25) is 4.79 Å². The molecule has 1 heterocycles. The highest BCUT2D eigenvalue weighted by molar-refractivity contribution is 9.10. The second-order valence-corrected chi connectivity index (χ2v) is 5.09. The zero-order chi connectivity index (χ0) is 13.3. The Labute approximate surface area is 114 Å². The smallest absolute Gasteiger partial charge is 0.163 e. The summed E-state index contributed by atoms with van der Waals surface area (Å²) in [6, 6.07) is 6.01. The van der Waals surface area contributed by atoms with Crippen molar-refractivity contribution in [3.05, 3.63) is 45.7 Å². The first-order valence-electron chi connectivity index (χ1n) is 5.60. The van der Waals surface area contributed by atoms with E-state index in [1.807, 2.05) is 32.0 Å². The van der Waals surface area contributed by atoms with Gasteiger partial charge in [-0.25, -0.2) is 9.97 Å². The third-order valence-corrected chi connectivity index (χ3v) is 3.38. The van der Waals surface area contributed by atoms with E-state index in [-0.39, 0.29) is 5.78 Å². The summed E-state index contributed by atoms with van der Waals surface area (Å²) in [6.07, 6.45) is 1.59. The number of carbonyl (C=O) groups excluding carboxylic acids is 1. The Bertz CT molecular complexity index is 623. The fraction of sp³-hybridized carbons (Fsp3) is 0.214. The maximum absolute atomic E-state index is 11.3. The van der Waals surface area contributed by atoms with Crippen molar-refractivity contribution in [3.63, 3.8) is 0 Å². The Balaban J connectivity index is 2.52. The first-order chi connectivity index (χ1) is 8.49. The predicted octanol–water partition coefficient (Wildman–Crippen LogP) is 3.73. The molecule has 0 saturated heterocycles. The third-order valence-electron chi connectivity index (χ3n) is 2.72. The van der Waals surface area contributed by atoms with Crippen LogP contribution in [0, 0.1) is 13.8 Å². The summed E-state index contributed by atoms with van der Waals surface area (Å²) in [6.45, 7) is 5.37. The number of aryl methyl sites for hydroxylation is 2. The van der Waals surface area contributed by atoms with Gasteiger partial charge in [0.15, 0.2) is 11.6 Å². The highest BCUT2D eigenvalue weighted by atomic mass is 79.9.